The molecule has 2 rings (SSSR count). The van der Waals surface area contributed by atoms with E-state index in [2.05, 4.69) is 5.32 Å². The average Bonchev–Trinajstić information content (AvgIpc) is 2.90. The van der Waals surface area contributed by atoms with E-state index in [-0.39, 0.29) is 24.1 Å². The van der Waals surface area contributed by atoms with Crippen LogP contribution < -0.4 is 5.32 Å². The Balaban J connectivity index is 1.97. The molecule has 7 heteroatoms. The zero-order valence-corrected chi connectivity index (χ0v) is 15.2. The van der Waals surface area contributed by atoms with Gasteiger partial charge in [-0.15, -0.1) is 0 Å². The Morgan fingerprint density at radius 2 is 2.12 bits per heavy atom. The van der Waals surface area contributed by atoms with Crippen LogP contribution in [-0.4, -0.2) is 48.9 Å². The topological polar surface area (TPSA) is 50.8 Å². The van der Waals surface area contributed by atoms with Gasteiger partial charge >= 0.3 is 6.09 Å². The van der Waals surface area contributed by atoms with Crippen molar-refractivity contribution in [3.63, 3.8) is 0 Å². The molecule has 0 aromatic heterocycles. The van der Waals surface area contributed by atoms with Crippen LogP contribution in [-0.2, 0) is 16.0 Å². The van der Waals surface area contributed by atoms with Gasteiger partial charge < -0.3 is 19.7 Å². The number of carbonyl (C=O) groups is 1. The van der Waals surface area contributed by atoms with Crippen LogP contribution in [0.15, 0.2) is 18.2 Å². The van der Waals surface area contributed by atoms with Gasteiger partial charge in [-0.25, -0.2) is 9.18 Å². The number of rotatable bonds is 4. The molecular weight excluding hydrogens is 335 g/mol. The molecule has 134 valence electrons. The van der Waals surface area contributed by atoms with Gasteiger partial charge in [0.15, 0.2) is 0 Å². The molecule has 0 aliphatic carbocycles. The van der Waals surface area contributed by atoms with Gasteiger partial charge in [0.25, 0.3) is 0 Å². The number of carbonyl (C=O) groups excluding carboxylic acids is 1. The van der Waals surface area contributed by atoms with Crippen molar-refractivity contribution in [1.82, 2.24) is 10.2 Å². The van der Waals surface area contributed by atoms with Gasteiger partial charge in [-0.3, -0.25) is 0 Å². The summed E-state index contributed by atoms with van der Waals surface area (Å²) in [6, 6.07) is 4.33. The van der Waals surface area contributed by atoms with E-state index in [9.17, 15) is 9.18 Å². The van der Waals surface area contributed by atoms with E-state index in [1.165, 1.54) is 12.1 Å². The number of methoxy groups -OCH3 is 1. The van der Waals surface area contributed by atoms with Crippen LogP contribution in [0.1, 0.15) is 26.3 Å². The molecule has 2 atom stereocenters. The van der Waals surface area contributed by atoms with Crippen LogP contribution in [0.5, 0.6) is 0 Å². The molecule has 0 spiro atoms. The van der Waals surface area contributed by atoms with E-state index in [1.54, 1.807) is 18.1 Å². The SMILES string of the molecule is CO[C@H]1CN(C(=O)OC(C)(C)C)CC1NCc1cc(Cl)ccc1F. The van der Waals surface area contributed by atoms with Crippen molar-refractivity contribution in [3.8, 4) is 0 Å². The molecule has 1 N–H and O–H groups in total. The molecule has 0 bridgehead atoms. The number of benzene rings is 1. The lowest BCUT2D eigenvalue weighted by atomic mass is 10.1. The molecule has 1 unspecified atom stereocenters. The van der Waals surface area contributed by atoms with Gasteiger partial charge in [0, 0.05) is 30.8 Å². The predicted molar refractivity (Wildman–Crippen MR) is 90.6 cm³/mol. The first-order valence-corrected chi connectivity index (χ1v) is 8.25. The maximum Gasteiger partial charge on any atom is 0.410 e. The Morgan fingerprint density at radius 1 is 1.42 bits per heavy atom. The third-order valence-electron chi connectivity index (χ3n) is 3.78. The predicted octanol–water partition coefficient (Wildman–Crippen LogP) is 3.20. The van der Waals surface area contributed by atoms with Crippen molar-refractivity contribution < 1.29 is 18.7 Å². The van der Waals surface area contributed by atoms with Gasteiger partial charge in [0.1, 0.15) is 11.4 Å². The second kappa shape index (κ2) is 7.68. The minimum atomic E-state index is -0.547. The molecular formula is C17H24ClFN2O3. The fourth-order valence-corrected chi connectivity index (χ4v) is 2.80. The average molecular weight is 359 g/mol. The highest BCUT2D eigenvalue weighted by molar-refractivity contribution is 6.30. The van der Waals surface area contributed by atoms with Crippen LogP contribution in [0.2, 0.25) is 5.02 Å². The molecule has 0 radical (unpaired) electrons. The second-order valence-corrected chi connectivity index (χ2v) is 7.32. The molecule has 1 saturated heterocycles. The van der Waals surface area contributed by atoms with E-state index in [0.717, 1.165) is 0 Å². The molecule has 5 nitrogen and oxygen atoms in total. The summed E-state index contributed by atoms with van der Waals surface area (Å²) in [6.07, 6.45) is -0.553. The highest BCUT2D eigenvalue weighted by atomic mass is 35.5. The highest BCUT2D eigenvalue weighted by Crippen LogP contribution is 2.19. The fourth-order valence-electron chi connectivity index (χ4n) is 2.60. The largest absolute Gasteiger partial charge is 0.444 e. The number of ether oxygens (including phenoxy) is 2. The normalized spacial score (nSPS) is 21.2. The van der Waals surface area contributed by atoms with E-state index >= 15 is 0 Å². The van der Waals surface area contributed by atoms with Crippen LogP contribution in [0, 0.1) is 5.82 Å². The Kier molecular flexibility index (Phi) is 6.06. The zero-order chi connectivity index (χ0) is 17.9. The van der Waals surface area contributed by atoms with Crippen LogP contribution in [0.4, 0.5) is 9.18 Å². The Morgan fingerprint density at radius 3 is 2.75 bits per heavy atom. The van der Waals surface area contributed by atoms with E-state index in [4.69, 9.17) is 21.1 Å². The number of hydrogen-bond donors (Lipinski definition) is 1. The summed E-state index contributed by atoms with van der Waals surface area (Å²) in [6.45, 7) is 6.65. The maximum absolute atomic E-state index is 13.8. The fraction of sp³-hybridized carbons (Fsp3) is 0.588. The maximum atomic E-state index is 13.8. The zero-order valence-electron chi connectivity index (χ0n) is 14.4. The molecule has 1 heterocycles. The van der Waals surface area contributed by atoms with E-state index in [0.29, 0.717) is 30.2 Å². The van der Waals surface area contributed by atoms with Gasteiger partial charge in [-0.2, -0.15) is 0 Å². The highest BCUT2D eigenvalue weighted by Gasteiger charge is 2.37. The first kappa shape index (κ1) is 19.0. The van der Waals surface area contributed by atoms with Crippen LogP contribution in [0.25, 0.3) is 0 Å². The summed E-state index contributed by atoms with van der Waals surface area (Å²) in [4.78, 5) is 13.8. The molecule has 1 aromatic rings. The Labute approximate surface area is 147 Å². The smallest absolute Gasteiger partial charge is 0.410 e. The number of halogens is 2. The molecule has 1 aliphatic rings. The van der Waals surface area contributed by atoms with Crippen molar-refractivity contribution >= 4 is 17.7 Å². The van der Waals surface area contributed by atoms with Crippen LogP contribution >= 0.6 is 11.6 Å². The molecule has 0 saturated carbocycles. The Bertz CT molecular complexity index is 592. The quantitative estimate of drug-likeness (QED) is 0.898. The minimum Gasteiger partial charge on any atom is -0.444 e. The lowest BCUT2D eigenvalue weighted by molar-refractivity contribution is 0.0252. The molecule has 1 aliphatic heterocycles. The summed E-state index contributed by atoms with van der Waals surface area (Å²) in [7, 11) is 1.60. The van der Waals surface area contributed by atoms with Gasteiger partial charge in [0.05, 0.1) is 18.7 Å². The van der Waals surface area contributed by atoms with Crippen LogP contribution in [0.3, 0.4) is 0 Å². The Hall–Kier alpha value is -1.37. The first-order chi connectivity index (χ1) is 11.2. The first-order valence-electron chi connectivity index (χ1n) is 7.87. The van der Waals surface area contributed by atoms with Crippen molar-refractivity contribution in [2.75, 3.05) is 20.2 Å². The third kappa shape index (κ3) is 5.06. The second-order valence-electron chi connectivity index (χ2n) is 6.88. The summed E-state index contributed by atoms with van der Waals surface area (Å²) in [5, 5.41) is 3.73. The van der Waals surface area contributed by atoms with Crippen molar-refractivity contribution in [3.05, 3.63) is 34.6 Å². The molecule has 24 heavy (non-hydrogen) atoms. The molecule has 1 fully saturated rings. The number of nitrogens with one attached hydrogen (secondary N) is 1. The molecule has 1 aromatic carbocycles. The molecule has 1 amide bonds. The minimum absolute atomic E-state index is 0.110. The van der Waals surface area contributed by atoms with Gasteiger partial charge in [-0.1, -0.05) is 11.6 Å². The van der Waals surface area contributed by atoms with Gasteiger partial charge in [-0.05, 0) is 39.0 Å². The van der Waals surface area contributed by atoms with Gasteiger partial charge in [0.2, 0.25) is 0 Å². The summed E-state index contributed by atoms with van der Waals surface area (Å²) in [5.74, 6) is -0.317. The monoisotopic (exact) mass is 358 g/mol. The standard InChI is InChI=1S/C17H24ClFN2O3/c1-17(2,3)24-16(22)21-9-14(15(10-21)23-4)20-8-11-7-12(18)5-6-13(11)19/h5-7,14-15,20H,8-10H2,1-4H3/t14?,15-/m0/s1. The summed E-state index contributed by atoms with van der Waals surface area (Å²) < 4.78 is 24.6. The number of hydrogen-bond acceptors (Lipinski definition) is 4. The number of amides is 1. The van der Waals surface area contributed by atoms with E-state index in [1.807, 2.05) is 20.8 Å². The summed E-state index contributed by atoms with van der Waals surface area (Å²) in [5.41, 5.74) is -0.0668. The lowest BCUT2D eigenvalue weighted by Crippen LogP contribution is -2.40. The van der Waals surface area contributed by atoms with E-state index < -0.39 is 5.60 Å². The van der Waals surface area contributed by atoms with Crippen molar-refractivity contribution in [2.24, 2.45) is 0 Å². The van der Waals surface area contributed by atoms with Crippen molar-refractivity contribution in [2.45, 2.75) is 45.1 Å². The van der Waals surface area contributed by atoms with Crippen molar-refractivity contribution in [1.29, 1.82) is 0 Å². The summed E-state index contributed by atoms with van der Waals surface area (Å²) >= 11 is 5.91. The number of nitrogens with zero attached hydrogens (tertiary/aromatic N) is 1. The number of likely N-dealkylation sites (tertiary alicyclic amines) is 1. The third-order valence-corrected chi connectivity index (χ3v) is 4.02. The lowest BCUT2D eigenvalue weighted by Gasteiger charge is -2.24.